The maximum atomic E-state index is 13.2. The highest BCUT2D eigenvalue weighted by Crippen LogP contribution is 2.27. The zero-order valence-corrected chi connectivity index (χ0v) is 10.2. The summed E-state index contributed by atoms with van der Waals surface area (Å²) >= 11 is 0. The Labute approximate surface area is 107 Å². The Balaban J connectivity index is 2.74. The van der Waals surface area contributed by atoms with Crippen LogP contribution in [0.25, 0.3) is 0 Å². The van der Waals surface area contributed by atoms with Crippen LogP contribution in [0.15, 0.2) is 0 Å². The van der Waals surface area contributed by atoms with E-state index in [9.17, 15) is 22.0 Å². The molecular weight excluding hydrogens is 269 g/mol. The molecule has 0 fully saturated rings. The van der Waals surface area contributed by atoms with Crippen molar-refractivity contribution >= 4 is 5.69 Å². The minimum absolute atomic E-state index is 0.0122. The molecule has 0 radical (unpaired) electrons. The van der Waals surface area contributed by atoms with Crippen LogP contribution in [0.5, 0.6) is 0 Å². The molecule has 0 aliphatic heterocycles. The van der Waals surface area contributed by atoms with E-state index in [1.54, 1.807) is 6.92 Å². The van der Waals surface area contributed by atoms with Gasteiger partial charge in [0.05, 0.1) is 0 Å². The summed E-state index contributed by atoms with van der Waals surface area (Å²) < 4.78 is 64.9. The molecule has 0 heterocycles. The van der Waals surface area contributed by atoms with Crippen LogP contribution in [0, 0.1) is 35.0 Å². The Morgan fingerprint density at radius 2 is 1.42 bits per heavy atom. The van der Waals surface area contributed by atoms with Crippen molar-refractivity contribution in [2.24, 2.45) is 5.92 Å². The monoisotopic (exact) mass is 283 g/mol. The number of aliphatic hydroxyl groups is 1. The third-order valence-corrected chi connectivity index (χ3v) is 2.70. The van der Waals surface area contributed by atoms with E-state index in [4.69, 9.17) is 5.11 Å². The van der Waals surface area contributed by atoms with Gasteiger partial charge in [0, 0.05) is 13.2 Å². The standard InChI is InChI=1S/C12H14F5NO/c1-6(5-19)3-2-4-18-12-10(16)8(14)7(13)9(15)11(12)17/h6,18-19H,2-5H2,1H3. The molecule has 0 saturated heterocycles. The van der Waals surface area contributed by atoms with E-state index in [0.717, 1.165) is 0 Å². The predicted molar refractivity (Wildman–Crippen MR) is 60.2 cm³/mol. The van der Waals surface area contributed by atoms with Crippen molar-refractivity contribution in [1.29, 1.82) is 0 Å². The lowest BCUT2D eigenvalue weighted by Gasteiger charge is -2.12. The molecule has 19 heavy (non-hydrogen) atoms. The van der Waals surface area contributed by atoms with Gasteiger partial charge in [-0.15, -0.1) is 0 Å². The second-order valence-electron chi connectivity index (χ2n) is 4.30. The molecule has 1 atom stereocenters. The van der Waals surface area contributed by atoms with E-state index in [-0.39, 0.29) is 19.1 Å². The summed E-state index contributed by atoms with van der Waals surface area (Å²) in [4.78, 5) is 0. The lowest BCUT2D eigenvalue weighted by molar-refractivity contribution is 0.229. The van der Waals surface area contributed by atoms with Gasteiger partial charge in [-0.3, -0.25) is 0 Å². The van der Waals surface area contributed by atoms with Gasteiger partial charge in [0.1, 0.15) is 5.69 Å². The van der Waals surface area contributed by atoms with E-state index < -0.39 is 34.8 Å². The molecule has 0 amide bonds. The average Bonchev–Trinajstić information content (AvgIpc) is 2.41. The molecule has 1 unspecified atom stereocenters. The van der Waals surface area contributed by atoms with Crippen LogP contribution in [0.3, 0.4) is 0 Å². The Bertz CT molecular complexity index is 423. The third-order valence-electron chi connectivity index (χ3n) is 2.70. The molecular formula is C12H14F5NO. The first-order valence-electron chi connectivity index (χ1n) is 5.76. The summed E-state index contributed by atoms with van der Waals surface area (Å²) in [5.41, 5.74) is -1.02. The van der Waals surface area contributed by atoms with Gasteiger partial charge >= 0.3 is 0 Å². The van der Waals surface area contributed by atoms with Gasteiger partial charge in [-0.05, 0) is 18.8 Å². The molecule has 0 spiro atoms. The van der Waals surface area contributed by atoms with Crippen molar-refractivity contribution in [2.75, 3.05) is 18.5 Å². The van der Waals surface area contributed by atoms with Gasteiger partial charge in [-0.2, -0.15) is 0 Å². The molecule has 0 aliphatic carbocycles. The number of rotatable bonds is 6. The summed E-state index contributed by atoms with van der Waals surface area (Å²) in [5, 5.41) is 11.0. The van der Waals surface area contributed by atoms with Gasteiger partial charge in [0.25, 0.3) is 0 Å². The SMILES string of the molecule is CC(CO)CCCNc1c(F)c(F)c(F)c(F)c1F. The number of aliphatic hydroxyl groups excluding tert-OH is 1. The zero-order valence-electron chi connectivity index (χ0n) is 10.2. The Morgan fingerprint density at radius 1 is 0.947 bits per heavy atom. The second-order valence-corrected chi connectivity index (χ2v) is 4.30. The summed E-state index contributed by atoms with van der Waals surface area (Å²) in [5.74, 6) is -9.83. The molecule has 2 nitrogen and oxygen atoms in total. The first kappa shape index (κ1) is 15.7. The maximum Gasteiger partial charge on any atom is 0.200 e. The lowest BCUT2D eigenvalue weighted by atomic mass is 10.1. The first-order valence-corrected chi connectivity index (χ1v) is 5.76. The Morgan fingerprint density at radius 3 is 1.89 bits per heavy atom. The van der Waals surface area contributed by atoms with Crippen molar-refractivity contribution in [3.05, 3.63) is 29.1 Å². The average molecular weight is 283 g/mol. The van der Waals surface area contributed by atoms with Crippen LogP contribution in [0.1, 0.15) is 19.8 Å². The van der Waals surface area contributed by atoms with Gasteiger partial charge in [-0.25, -0.2) is 22.0 Å². The highest BCUT2D eigenvalue weighted by molar-refractivity contribution is 5.47. The fourth-order valence-corrected chi connectivity index (χ4v) is 1.52. The minimum atomic E-state index is -2.17. The van der Waals surface area contributed by atoms with E-state index in [1.807, 2.05) is 0 Å². The molecule has 1 aromatic carbocycles. The van der Waals surface area contributed by atoms with Gasteiger partial charge in [0.15, 0.2) is 23.3 Å². The van der Waals surface area contributed by atoms with Crippen LogP contribution in [-0.2, 0) is 0 Å². The summed E-state index contributed by atoms with van der Waals surface area (Å²) in [7, 11) is 0. The fourth-order valence-electron chi connectivity index (χ4n) is 1.52. The number of anilines is 1. The zero-order chi connectivity index (χ0) is 14.6. The molecule has 7 heteroatoms. The Kier molecular flexibility index (Phi) is 5.53. The van der Waals surface area contributed by atoms with Gasteiger partial charge in [-0.1, -0.05) is 6.92 Å². The topological polar surface area (TPSA) is 32.3 Å². The number of hydrogen-bond donors (Lipinski definition) is 2. The van der Waals surface area contributed by atoms with Crippen LogP contribution in [0.4, 0.5) is 27.6 Å². The molecule has 0 saturated carbocycles. The molecule has 1 rings (SSSR count). The van der Waals surface area contributed by atoms with Crippen LogP contribution in [0.2, 0.25) is 0 Å². The largest absolute Gasteiger partial charge is 0.396 e. The van der Waals surface area contributed by atoms with Gasteiger partial charge < -0.3 is 10.4 Å². The second kappa shape index (κ2) is 6.70. The van der Waals surface area contributed by atoms with Crippen molar-refractivity contribution in [2.45, 2.75) is 19.8 Å². The van der Waals surface area contributed by atoms with Crippen molar-refractivity contribution in [3.63, 3.8) is 0 Å². The number of nitrogens with one attached hydrogen (secondary N) is 1. The van der Waals surface area contributed by atoms with Crippen LogP contribution in [-0.4, -0.2) is 18.3 Å². The minimum Gasteiger partial charge on any atom is -0.396 e. The van der Waals surface area contributed by atoms with Crippen molar-refractivity contribution in [3.8, 4) is 0 Å². The summed E-state index contributed by atoms with van der Waals surface area (Å²) in [6.45, 7) is 1.80. The highest BCUT2D eigenvalue weighted by Gasteiger charge is 2.25. The number of halogens is 5. The molecule has 0 bridgehead atoms. The predicted octanol–water partition coefficient (Wildman–Crippen LogP) is 3.20. The fraction of sp³-hybridized carbons (Fsp3) is 0.500. The smallest absolute Gasteiger partial charge is 0.200 e. The molecule has 0 aliphatic rings. The number of benzene rings is 1. The van der Waals surface area contributed by atoms with Crippen LogP contribution < -0.4 is 5.32 Å². The molecule has 2 N–H and O–H groups in total. The quantitative estimate of drug-likeness (QED) is 0.364. The van der Waals surface area contributed by atoms with Crippen molar-refractivity contribution in [1.82, 2.24) is 0 Å². The lowest BCUT2D eigenvalue weighted by Crippen LogP contribution is -2.12. The summed E-state index contributed by atoms with van der Waals surface area (Å²) in [6.07, 6.45) is 1.00. The first-order chi connectivity index (χ1) is 8.90. The molecule has 1 aromatic rings. The normalized spacial score (nSPS) is 12.6. The molecule has 0 aromatic heterocycles. The van der Waals surface area contributed by atoms with Gasteiger partial charge in [0.2, 0.25) is 5.82 Å². The van der Waals surface area contributed by atoms with E-state index in [2.05, 4.69) is 5.32 Å². The van der Waals surface area contributed by atoms with E-state index >= 15 is 0 Å². The summed E-state index contributed by atoms with van der Waals surface area (Å²) in [6, 6.07) is 0. The van der Waals surface area contributed by atoms with Crippen LogP contribution >= 0.6 is 0 Å². The molecule has 108 valence electrons. The van der Waals surface area contributed by atoms with E-state index in [0.29, 0.717) is 12.8 Å². The maximum absolute atomic E-state index is 13.2. The highest BCUT2D eigenvalue weighted by atomic mass is 19.2. The van der Waals surface area contributed by atoms with E-state index in [1.165, 1.54) is 0 Å². The third kappa shape index (κ3) is 3.56. The Hall–Kier alpha value is -1.37. The van der Waals surface area contributed by atoms with Crippen molar-refractivity contribution < 1.29 is 27.1 Å². The number of hydrogen-bond acceptors (Lipinski definition) is 2.